The predicted molar refractivity (Wildman–Crippen MR) is 146 cm³/mol. The molecule has 1 atom stereocenters. The topological polar surface area (TPSA) is 81.1 Å². The molecule has 1 aliphatic carbocycles. The van der Waals surface area contributed by atoms with Gasteiger partial charge in [0.1, 0.15) is 22.3 Å². The van der Waals surface area contributed by atoms with E-state index in [2.05, 4.69) is 0 Å². The van der Waals surface area contributed by atoms with Gasteiger partial charge < -0.3 is 15.1 Å². The summed E-state index contributed by atoms with van der Waals surface area (Å²) in [5.41, 5.74) is 1.74. The van der Waals surface area contributed by atoms with Crippen molar-refractivity contribution < 1.29 is 41.8 Å². The molecule has 2 aliphatic rings. The number of aromatic hydroxyl groups is 1. The van der Waals surface area contributed by atoms with E-state index in [1.165, 1.54) is 40.1 Å². The minimum atomic E-state index is -2.27. The van der Waals surface area contributed by atoms with E-state index in [0.29, 0.717) is 5.92 Å². The SMILES string of the molecule is O=C(O)c1ccc(N(Cc2ccc(C3CCCCC3)cc2)C(=O)C2CCN2Sc2c(F)c(F)c(F)c(F)c2F)cc1O. The summed E-state index contributed by atoms with van der Waals surface area (Å²) in [7, 11) is 0. The van der Waals surface area contributed by atoms with Crippen molar-refractivity contribution in [1.82, 2.24) is 4.31 Å². The number of hydrogen-bond donors (Lipinski definition) is 2. The van der Waals surface area contributed by atoms with E-state index >= 15 is 0 Å². The van der Waals surface area contributed by atoms with Crippen LogP contribution in [0.1, 0.15) is 65.9 Å². The van der Waals surface area contributed by atoms with Crippen LogP contribution in [0.3, 0.4) is 0 Å². The van der Waals surface area contributed by atoms with Gasteiger partial charge >= 0.3 is 5.97 Å². The average molecular weight is 607 g/mol. The number of carboxylic acids is 1. The lowest BCUT2D eigenvalue weighted by atomic mass is 9.84. The molecule has 222 valence electrons. The molecule has 1 heterocycles. The van der Waals surface area contributed by atoms with Gasteiger partial charge in [-0.2, -0.15) is 0 Å². The third-order valence-electron chi connectivity index (χ3n) is 7.82. The number of halogens is 5. The normalized spacial score (nSPS) is 17.6. The standard InChI is InChI=1S/C30H27F5N2O4S/c31-23-24(32)26(34)28(27(35)25(23)33)42-37-13-12-21(37)29(39)36(19-10-11-20(30(40)41)22(38)14-19)15-16-6-8-18(9-7-16)17-4-2-1-3-5-17/h6-11,14,17,21,38H,1-5,12-13,15H2,(H,40,41). The lowest BCUT2D eigenvalue weighted by molar-refractivity contribution is -0.124. The second-order valence-corrected chi connectivity index (χ2v) is 11.5. The van der Waals surface area contributed by atoms with Crippen molar-refractivity contribution in [2.75, 3.05) is 11.4 Å². The van der Waals surface area contributed by atoms with E-state index in [-0.39, 0.29) is 42.7 Å². The molecule has 1 unspecified atom stereocenters. The summed E-state index contributed by atoms with van der Waals surface area (Å²) in [6.07, 6.45) is 6.02. The molecule has 0 aromatic heterocycles. The van der Waals surface area contributed by atoms with Gasteiger partial charge in [-0.15, -0.1) is 0 Å². The van der Waals surface area contributed by atoms with Gasteiger partial charge in [0.15, 0.2) is 23.3 Å². The van der Waals surface area contributed by atoms with E-state index < -0.39 is 57.6 Å². The number of benzene rings is 3. The summed E-state index contributed by atoms with van der Waals surface area (Å²) >= 11 is 0.265. The Morgan fingerprint density at radius 3 is 2.02 bits per heavy atom. The molecule has 3 aromatic rings. The molecule has 12 heteroatoms. The van der Waals surface area contributed by atoms with Crippen molar-refractivity contribution in [1.29, 1.82) is 0 Å². The zero-order valence-corrected chi connectivity index (χ0v) is 23.1. The van der Waals surface area contributed by atoms with Crippen molar-refractivity contribution in [3.63, 3.8) is 0 Å². The van der Waals surface area contributed by atoms with Crippen LogP contribution in [-0.4, -0.2) is 39.0 Å². The summed E-state index contributed by atoms with van der Waals surface area (Å²) in [6, 6.07) is 10.4. The van der Waals surface area contributed by atoms with Crippen LogP contribution in [0.15, 0.2) is 47.4 Å². The zero-order chi connectivity index (χ0) is 30.1. The van der Waals surface area contributed by atoms with E-state index in [9.17, 15) is 41.8 Å². The molecule has 0 spiro atoms. The van der Waals surface area contributed by atoms with Gasteiger partial charge in [0.2, 0.25) is 11.7 Å². The predicted octanol–water partition coefficient (Wildman–Crippen LogP) is 7.15. The van der Waals surface area contributed by atoms with Gasteiger partial charge in [-0.05, 0) is 60.4 Å². The number of hydrogen-bond acceptors (Lipinski definition) is 5. The largest absolute Gasteiger partial charge is 0.507 e. The Bertz CT molecular complexity index is 1490. The van der Waals surface area contributed by atoms with Crippen LogP contribution in [0.4, 0.5) is 27.6 Å². The van der Waals surface area contributed by atoms with Gasteiger partial charge in [0.05, 0.1) is 6.54 Å². The summed E-state index contributed by atoms with van der Waals surface area (Å²) < 4.78 is 70.9. The van der Waals surface area contributed by atoms with Crippen molar-refractivity contribution >= 4 is 29.5 Å². The van der Waals surface area contributed by atoms with E-state index in [4.69, 9.17) is 0 Å². The Morgan fingerprint density at radius 2 is 1.48 bits per heavy atom. The zero-order valence-electron chi connectivity index (χ0n) is 22.3. The van der Waals surface area contributed by atoms with E-state index in [1.807, 2.05) is 24.3 Å². The maximum absolute atomic E-state index is 14.3. The van der Waals surface area contributed by atoms with Crippen LogP contribution in [0.25, 0.3) is 0 Å². The maximum atomic E-state index is 14.3. The van der Waals surface area contributed by atoms with E-state index in [0.717, 1.165) is 30.5 Å². The summed E-state index contributed by atoms with van der Waals surface area (Å²) in [5.74, 6) is -12.4. The minimum Gasteiger partial charge on any atom is -0.507 e. The first-order valence-corrected chi connectivity index (χ1v) is 14.3. The highest BCUT2D eigenvalue weighted by molar-refractivity contribution is 7.97. The van der Waals surface area contributed by atoms with Gasteiger partial charge in [-0.25, -0.2) is 31.1 Å². The van der Waals surface area contributed by atoms with Crippen LogP contribution < -0.4 is 4.90 Å². The second kappa shape index (κ2) is 12.3. The van der Waals surface area contributed by atoms with Crippen molar-refractivity contribution in [2.45, 2.75) is 61.9 Å². The van der Waals surface area contributed by atoms with Crippen LogP contribution in [0.2, 0.25) is 0 Å². The summed E-state index contributed by atoms with van der Waals surface area (Å²) in [4.78, 5) is 25.4. The number of aromatic carboxylic acids is 1. The number of carboxylic acid groups (broad SMARTS) is 1. The second-order valence-electron chi connectivity index (χ2n) is 10.4. The van der Waals surface area contributed by atoms with Crippen molar-refractivity contribution in [2.24, 2.45) is 0 Å². The Labute approximate surface area is 242 Å². The molecule has 3 aromatic carbocycles. The fourth-order valence-electron chi connectivity index (χ4n) is 5.36. The van der Waals surface area contributed by atoms with Gasteiger partial charge in [0, 0.05) is 18.3 Å². The smallest absolute Gasteiger partial charge is 0.339 e. The number of carbonyl (C=O) groups excluding carboxylic acids is 1. The number of rotatable bonds is 8. The quantitative estimate of drug-likeness (QED) is 0.123. The third-order valence-corrected chi connectivity index (χ3v) is 9.03. The Kier molecular flexibility index (Phi) is 8.74. The molecule has 1 amide bonds. The number of nitrogens with zero attached hydrogens (tertiary/aromatic N) is 2. The highest BCUT2D eigenvalue weighted by Crippen LogP contribution is 2.39. The van der Waals surface area contributed by atoms with Gasteiger partial charge in [-0.1, -0.05) is 43.5 Å². The number of phenols is 1. The van der Waals surface area contributed by atoms with Gasteiger partial charge in [-0.3, -0.25) is 4.79 Å². The molecule has 2 fully saturated rings. The molecular weight excluding hydrogens is 579 g/mol. The molecule has 0 radical (unpaired) electrons. The minimum absolute atomic E-state index is 0.0210. The van der Waals surface area contributed by atoms with Crippen LogP contribution in [0.5, 0.6) is 5.75 Å². The fourth-order valence-corrected chi connectivity index (χ4v) is 6.45. The van der Waals surface area contributed by atoms with E-state index in [1.54, 1.807) is 0 Å². The Balaban J connectivity index is 1.42. The molecule has 0 bridgehead atoms. The molecular formula is C30H27F5N2O4S. The Morgan fingerprint density at radius 1 is 0.857 bits per heavy atom. The number of amides is 1. The first-order valence-electron chi connectivity index (χ1n) is 13.5. The highest BCUT2D eigenvalue weighted by Gasteiger charge is 2.40. The monoisotopic (exact) mass is 606 g/mol. The van der Waals surface area contributed by atoms with Crippen molar-refractivity contribution in [3.8, 4) is 5.75 Å². The Hall–Kier alpha value is -3.64. The van der Waals surface area contributed by atoms with Crippen LogP contribution in [0, 0.1) is 29.1 Å². The molecule has 42 heavy (non-hydrogen) atoms. The summed E-state index contributed by atoms with van der Waals surface area (Å²) in [6.45, 7) is 0.154. The average Bonchev–Trinajstić information content (AvgIpc) is 2.97. The van der Waals surface area contributed by atoms with Gasteiger partial charge in [0.25, 0.3) is 0 Å². The molecule has 1 saturated carbocycles. The molecule has 6 nitrogen and oxygen atoms in total. The third kappa shape index (κ3) is 5.82. The highest BCUT2D eigenvalue weighted by atomic mass is 32.2. The van der Waals surface area contributed by atoms with Crippen LogP contribution in [-0.2, 0) is 11.3 Å². The molecule has 5 rings (SSSR count). The number of carbonyl (C=O) groups is 2. The van der Waals surface area contributed by atoms with Crippen molar-refractivity contribution in [3.05, 3.63) is 88.2 Å². The number of anilines is 1. The molecule has 1 saturated heterocycles. The summed E-state index contributed by atoms with van der Waals surface area (Å²) in [5, 5.41) is 19.6. The molecule has 2 N–H and O–H groups in total. The maximum Gasteiger partial charge on any atom is 0.339 e. The molecule has 1 aliphatic heterocycles. The first-order chi connectivity index (χ1) is 20.1. The first kappa shape index (κ1) is 29.8. The van der Waals surface area contributed by atoms with Crippen LogP contribution >= 0.6 is 11.9 Å². The fraction of sp³-hybridized carbons (Fsp3) is 0.333. The lowest BCUT2D eigenvalue weighted by Crippen LogP contribution is -2.54. The lowest BCUT2D eigenvalue weighted by Gasteiger charge is -2.41.